The highest BCUT2D eigenvalue weighted by Crippen LogP contribution is 2.40. The fraction of sp³-hybridized carbons (Fsp3) is 0.238. The molecule has 1 fully saturated rings. The summed E-state index contributed by atoms with van der Waals surface area (Å²) in [5.41, 5.74) is 6.06. The number of nitrogen functional groups attached to an aromatic ring is 1. The van der Waals surface area contributed by atoms with E-state index in [2.05, 4.69) is 20.7 Å². The van der Waals surface area contributed by atoms with Crippen LogP contribution in [0.25, 0.3) is 10.2 Å². The van der Waals surface area contributed by atoms with Crippen LogP contribution in [-0.4, -0.2) is 62.9 Å². The molecule has 1 saturated heterocycles. The third kappa shape index (κ3) is 4.00. The monoisotopic (exact) mass is 513 g/mol. The van der Waals surface area contributed by atoms with E-state index in [1.54, 1.807) is 11.3 Å². The molecule has 0 spiro atoms. The molecule has 0 bridgehead atoms. The Kier molecular flexibility index (Phi) is 5.90. The summed E-state index contributed by atoms with van der Waals surface area (Å²) in [6, 6.07) is 6.31. The Morgan fingerprint density at radius 1 is 1.46 bits per heavy atom. The molecule has 180 valence electrons. The number of anilines is 1. The number of thiophene rings is 1. The lowest BCUT2D eigenvalue weighted by atomic mass is 10.0. The Bertz CT molecular complexity index is 1410. The largest absolute Gasteiger partial charge is 0.543 e. The van der Waals surface area contributed by atoms with Gasteiger partial charge in [-0.25, -0.2) is 0 Å². The lowest BCUT2D eigenvalue weighted by molar-refractivity contribution is -0.661. The number of pyridine rings is 1. The number of nitrogens with zero attached hydrogens (tertiary/aromatic N) is 4. The second-order valence-electron chi connectivity index (χ2n) is 7.75. The standard InChI is InChI=1S/C21H19N7O5S2/c1-33-26-14(12-7-13(22)25-24-12)17(29)23-15-18(30)28-16(21(31)32)11(9-35-20(15)28)8-27-5-2-3-10-4-6-34-19(10)27/h2-7,15,20H,8-9H2,1H3,(H4-,22,23,24,25,26,29,31,32)/t15?,20-/m0/s1. The summed E-state index contributed by atoms with van der Waals surface area (Å²) in [5.74, 6) is -2.17. The van der Waals surface area contributed by atoms with Gasteiger partial charge < -0.3 is 25.8 Å². The molecule has 0 aromatic carbocycles. The van der Waals surface area contributed by atoms with Gasteiger partial charge in [-0.05, 0) is 17.5 Å². The quantitative estimate of drug-likeness (QED) is 0.156. The van der Waals surface area contributed by atoms with E-state index < -0.39 is 29.2 Å². The van der Waals surface area contributed by atoms with Gasteiger partial charge in [0.1, 0.15) is 24.3 Å². The van der Waals surface area contributed by atoms with E-state index in [9.17, 15) is 19.5 Å². The lowest BCUT2D eigenvalue weighted by Gasteiger charge is -2.50. The van der Waals surface area contributed by atoms with Crippen LogP contribution in [0.1, 0.15) is 5.69 Å². The molecule has 2 atom stereocenters. The fourth-order valence-electron chi connectivity index (χ4n) is 4.09. The highest BCUT2D eigenvalue weighted by Gasteiger charge is 2.53. The average molecular weight is 514 g/mol. The molecule has 3 aromatic heterocycles. The maximum Gasteiger partial charge on any atom is 0.276 e. The molecule has 5 rings (SSSR count). The minimum Gasteiger partial charge on any atom is -0.543 e. The zero-order valence-electron chi connectivity index (χ0n) is 18.3. The summed E-state index contributed by atoms with van der Waals surface area (Å²) >= 11 is 2.92. The van der Waals surface area contributed by atoms with Crippen molar-refractivity contribution in [3.63, 3.8) is 0 Å². The van der Waals surface area contributed by atoms with Gasteiger partial charge in [-0.1, -0.05) is 16.5 Å². The number of nitrogens with one attached hydrogen (secondary N) is 2. The van der Waals surface area contributed by atoms with Crippen molar-refractivity contribution in [1.82, 2.24) is 20.4 Å². The predicted octanol–water partition coefficient (Wildman–Crippen LogP) is -1.05. The average Bonchev–Trinajstić information content (AvgIpc) is 3.49. The van der Waals surface area contributed by atoms with Crippen LogP contribution >= 0.6 is 23.1 Å². The molecule has 35 heavy (non-hydrogen) atoms. The first kappa shape index (κ1) is 22.9. The summed E-state index contributed by atoms with van der Waals surface area (Å²) in [4.78, 5) is 44.9. The second-order valence-corrected chi connectivity index (χ2v) is 9.75. The van der Waals surface area contributed by atoms with Crippen molar-refractivity contribution in [1.29, 1.82) is 0 Å². The zero-order chi connectivity index (χ0) is 24.7. The summed E-state index contributed by atoms with van der Waals surface area (Å²) in [7, 11) is 1.27. The van der Waals surface area contributed by atoms with Crippen LogP contribution < -0.4 is 20.7 Å². The van der Waals surface area contributed by atoms with Crippen molar-refractivity contribution in [3.05, 3.63) is 52.8 Å². The van der Waals surface area contributed by atoms with Crippen LogP contribution in [0.5, 0.6) is 0 Å². The predicted molar refractivity (Wildman–Crippen MR) is 126 cm³/mol. The van der Waals surface area contributed by atoms with Crippen molar-refractivity contribution < 1.29 is 28.9 Å². The Morgan fingerprint density at radius 3 is 3.00 bits per heavy atom. The van der Waals surface area contributed by atoms with Crippen LogP contribution in [-0.2, 0) is 25.8 Å². The number of carboxylic acids is 1. The summed E-state index contributed by atoms with van der Waals surface area (Å²) in [6.45, 7) is 0.299. The SMILES string of the molecule is CON=C(C(=O)NC1C(=O)N2C(C(=O)[O-])=C(C[n+]3cccc4ccsc43)CS[C@@H]12)c1cc(N)n[nH]1. The number of aromatic amines is 1. The normalized spacial score (nSPS) is 20.0. The number of aromatic nitrogens is 3. The van der Waals surface area contributed by atoms with Crippen molar-refractivity contribution in [3.8, 4) is 0 Å². The first-order chi connectivity index (χ1) is 16.9. The van der Waals surface area contributed by atoms with Gasteiger partial charge in [0.25, 0.3) is 16.6 Å². The molecule has 12 nitrogen and oxygen atoms in total. The van der Waals surface area contributed by atoms with Gasteiger partial charge >= 0.3 is 0 Å². The van der Waals surface area contributed by atoms with Gasteiger partial charge in [0.2, 0.25) is 0 Å². The Balaban J connectivity index is 1.38. The van der Waals surface area contributed by atoms with Crippen molar-refractivity contribution in [2.45, 2.75) is 18.0 Å². The van der Waals surface area contributed by atoms with E-state index in [-0.39, 0.29) is 22.9 Å². The Labute approximate surface area is 206 Å². The maximum atomic E-state index is 13.0. The van der Waals surface area contributed by atoms with Gasteiger partial charge in [-0.2, -0.15) is 9.67 Å². The first-order valence-electron chi connectivity index (χ1n) is 10.4. The van der Waals surface area contributed by atoms with Gasteiger partial charge in [0.05, 0.1) is 22.7 Å². The third-order valence-electron chi connectivity index (χ3n) is 5.62. The van der Waals surface area contributed by atoms with E-state index in [0.29, 0.717) is 17.9 Å². The number of hydrogen-bond acceptors (Lipinski definition) is 10. The van der Waals surface area contributed by atoms with Gasteiger partial charge in [0.15, 0.2) is 18.5 Å². The number of carbonyl (C=O) groups is 3. The molecule has 2 aliphatic rings. The number of fused-ring (bicyclic) bond motifs is 2. The molecule has 0 radical (unpaired) electrons. The number of rotatable bonds is 7. The van der Waals surface area contributed by atoms with E-state index >= 15 is 0 Å². The molecule has 2 amide bonds. The number of thioether (sulfide) groups is 1. The van der Waals surface area contributed by atoms with Gasteiger partial charge in [-0.3, -0.25) is 19.6 Å². The molecular formula is C21H19N7O5S2. The highest BCUT2D eigenvalue weighted by atomic mass is 32.2. The Hall–Kier alpha value is -3.91. The van der Waals surface area contributed by atoms with Gasteiger partial charge in [0, 0.05) is 23.5 Å². The summed E-state index contributed by atoms with van der Waals surface area (Å²) in [5, 5.41) is 27.1. The topological polar surface area (TPSA) is 170 Å². The molecule has 1 unspecified atom stereocenters. The summed E-state index contributed by atoms with van der Waals surface area (Å²) in [6.07, 6.45) is 1.87. The molecule has 0 saturated carbocycles. The van der Waals surface area contributed by atoms with E-state index in [1.165, 1.54) is 29.8 Å². The van der Waals surface area contributed by atoms with Crippen LogP contribution in [0.3, 0.4) is 0 Å². The van der Waals surface area contributed by atoms with Crippen molar-refractivity contribution in [2.75, 3.05) is 18.6 Å². The van der Waals surface area contributed by atoms with E-state index in [0.717, 1.165) is 10.2 Å². The maximum absolute atomic E-state index is 13.0. The number of β-lactam (4-membered cyclic amide) rings is 1. The minimum absolute atomic E-state index is 0.151. The van der Waals surface area contributed by atoms with E-state index in [1.807, 2.05) is 34.3 Å². The van der Waals surface area contributed by atoms with Crippen LogP contribution in [0.15, 0.2) is 52.3 Å². The molecule has 0 aliphatic carbocycles. The van der Waals surface area contributed by atoms with Crippen molar-refractivity contribution in [2.24, 2.45) is 5.16 Å². The first-order valence-corrected chi connectivity index (χ1v) is 12.3. The molecule has 5 heterocycles. The van der Waals surface area contributed by atoms with E-state index in [4.69, 9.17) is 10.6 Å². The minimum atomic E-state index is -1.43. The Morgan fingerprint density at radius 2 is 2.29 bits per heavy atom. The molecule has 3 aromatic rings. The highest BCUT2D eigenvalue weighted by molar-refractivity contribution is 8.00. The second kappa shape index (κ2) is 9.03. The molecular weight excluding hydrogens is 494 g/mol. The molecule has 2 aliphatic heterocycles. The van der Waals surface area contributed by atoms with Crippen molar-refractivity contribution >= 4 is 62.6 Å². The number of carboxylic acid groups (broad SMARTS) is 1. The number of amides is 2. The van der Waals surface area contributed by atoms with Gasteiger partial charge in [-0.15, -0.1) is 11.8 Å². The number of H-pyrrole nitrogens is 1. The number of carbonyl (C=O) groups excluding carboxylic acids is 3. The molecule has 4 N–H and O–H groups in total. The number of aliphatic carboxylic acids is 1. The molecule has 14 heteroatoms. The summed E-state index contributed by atoms with van der Waals surface area (Å²) < 4.78 is 1.95. The fourth-order valence-corrected chi connectivity index (χ4v) is 6.30. The lowest BCUT2D eigenvalue weighted by Crippen LogP contribution is -2.71. The number of oxime groups is 1. The number of nitrogens with two attached hydrogens (primary N) is 1. The number of hydrogen-bond donors (Lipinski definition) is 3. The van der Waals surface area contributed by atoms with Crippen LogP contribution in [0, 0.1) is 0 Å². The third-order valence-corrected chi connectivity index (χ3v) is 7.92. The zero-order valence-corrected chi connectivity index (χ0v) is 19.9. The smallest absolute Gasteiger partial charge is 0.276 e. The van der Waals surface area contributed by atoms with Crippen LogP contribution in [0.4, 0.5) is 5.82 Å². The van der Waals surface area contributed by atoms with Crippen LogP contribution in [0.2, 0.25) is 0 Å².